The van der Waals surface area contributed by atoms with Crippen LogP contribution in [0.25, 0.3) is 0 Å². The van der Waals surface area contributed by atoms with Gasteiger partial charge in [-0.1, -0.05) is 24.3 Å². The highest BCUT2D eigenvalue weighted by Crippen LogP contribution is 2.18. The number of hydrogen-bond donors (Lipinski definition) is 0. The molecule has 11 heavy (non-hydrogen) atoms. The lowest BCUT2D eigenvalue weighted by Crippen LogP contribution is -1.91. The zero-order chi connectivity index (χ0) is 7.68. The Morgan fingerprint density at radius 1 is 1.36 bits per heavy atom. The summed E-state index contributed by atoms with van der Waals surface area (Å²) in [4.78, 5) is 8.04. The van der Waals surface area contributed by atoms with E-state index in [1.165, 1.54) is 5.56 Å². The van der Waals surface area contributed by atoms with Crippen molar-refractivity contribution in [3.63, 3.8) is 0 Å². The van der Waals surface area contributed by atoms with Crippen LogP contribution in [0, 0.1) is 0 Å². The van der Waals surface area contributed by atoms with E-state index in [9.17, 15) is 0 Å². The molecule has 2 heteroatoms. The predicted octanol–water partition coefficient (Wildman–Crippen LogP) is 1.65. The topological polar surface area (TPSA) is 24.7 Å². The first-order chi connectivity index (χ1) is 5.42. The van der Waals surface area contributed by atoms with E-state index in [2.05, 4.69) is 22.8 Å². The summed E-state index contributed by atoms with van der Waals surface area (Å²) < 4.78 is 0. The molecule has 0 N–H and O–H groups in total. The summed E-state index contributed by atoms with van der Waals surface area (Å²) in [6.07, 6.45) is 0. The molecule has 1 aliphatic heterocycles. The second-order valence-corrected chi connectivity index (χ2v) is 2.46. The van der Waals surface area contributed by atoms with E-state index in [0.29, 0.717) is 0 Å². The van der Waals surface area contributed by atoms with Crippen molar-refractivity contribution in [2.24, 2.45) is 9.98 Å². The van der Waals surface area contributed by atoms with Gasteiger partial charge < -0.3 is 0 Å². The Bertz CT molecular complexity index is 326. The fourth-order valence-electron chi connectivity index (χ4n) is 1.26. The quantitative estimate of drug-likeness (QED) is 0.494. The van der Waals surface area contributed by atoms with Gasteiger partial charge in [-0.2, -0.15) is 0 Å². The van der Waals surface area contributed by atoms with Gasteiger partial charge in [0.25, 0.3) is 0 Å². The Morgan fingerprint density at radius 2 is 2.18 bits per heavy atom. The van der Waals surface area contributed by atoms with Gasteiger partial charge in [-0.25, -0.2) is 4.99 Å². The first kappa shape index (κ1) is 6.28. The number of benzene rings is 1. The summed E-state index contributed by atoms with van der Waals surface area (Å²) in [5.41, 5.74) is 2.37. The molecule has 0 unspecified atom stereocenters. The SMILES string of the molecule is C=NC1=NCc2ccccc21. The summed E-state index contributed by atoms with van der Waals surface area (Å²) >= 11 is 0. The molecule has 1 aromatic carbocycles. The maximum atomic E-state index is 4.21. The van der Waals surface area contributed by atoms with Crippen LogP contribution in [0.3, 0.4) is 0 Å². The van der Waals surface area contributed by atoms with Gasteiger partial charge in [-0.3, -0.25) is 4.99 Å². The zero-order valence-corrected chi connectivity index (χ0v) is 6.12. The molecular weight excluding hydrogens is 136 g/mol. The molecule has 1 aliphatic rings. The molecule has 0 atom stereocenters. The molecule has 0 radical (unpaired) electrons. The van der Waals surface area contributed by atoms with Gasteiger partial charge in [0, 0.05) is 5.56 Å². The van der Waals surface area contributed by atoms with Crippen molar-refractivity contribution in [3.05, 3.63) is 35.4 Å². The third-order valence-electron chi connectivity index (χ3n) is 1.81. The molecule has 1 heterocycles. The fraction of sp³-hybridized carbons (Fsp3) is 0.111. The monoisotopic (exact) mass is 144 g/mol. The molecule has 0 spiro atoms. The minimum absolute atomic E-state index is 0.754. The Kier molecular flexibility index (Phi) is 1.32. The van der Waals surface area contributed by atoms with Crippen LogP contribution >= 0.6 is 0 Å². The van der Waals surface area contributed by atoms with Gasteiger partial charge in [-0.15, -0.1) is 0 Å². The number of fused-ring (bicyclic) bond motifs is 1. The molecular formula is C9H8N2. The van der Waals surface area contributed by atoms with Crippen LogP contribution < -0.4 is 0 Å². The number of rotatable bonds is 0. The van der Waals surface area contributed by atoms with Crippen LogP contribution in [-0.2, 0) is 6.54 Å². The van der Waals surface area contributed by atoms with E-state index < -0.39 is 0 Å². The van der Waals surface area contributed by atoms with Crippen molar-refractivity contribution in [2.75, 3.05) is 0 Å². The Balaban J connectivity index is 2.56. The minimum Gasteiger partial charge on any atom is -0.261 e. The molecule has 0 aromatic heterocycles. The summed E-state index contributed by atoms with van der Waals surface area (Å²) in [6, 6.07) is 8.10. The average molecular weight is 144 g/mol. The molecule has 54 valence electrons. The van der Waals surface area contributed by atoms with E-state index in [1.807, 2.05) is 18.2 Å². The van der Waals surface area contributed by atoms with E-state index >= 15 is 0 Å². The van der Waals surface area contributed by atoms with Crippen molar-refractivity contribution >= 4 is 12.6 Å². The van der Waals surface area contributed by atoms with Crippen LogP contribution in [0.1, 0.15) is 11.1 Å². The largest absolute Gasteiger partial charge is 0.261 e. The molecule has 0 saturated carbocycles. The van der Waals surface area contributed by atoms with Crippen molar-refractivity contribution in [1.29, 1.82) is 0 Å². The summed E-state index contributed by atoms with van der Waals surface area (Å²) in [6.45, 7) is 4.22. The Morgan fingerprint density at radius 3 is 3.00 bits per heavy atom. The third kappa shape index (κ3) is 0.871. The second kappa shape index (κ2) is 2.31. The van der Waals surface area contributed by atoms with Gasteiger partial charge in [-0.05, 0) is 12.3 Å². The summed E-state index contributed by atoms with van der Waals surface area (Å²) in [5, 5.41) is 0. The number of aliphatic imine (C=N–C) groups is 2. The lowest BCUT2D eigenvalue weighted by atomic mass is 10.1. The predicted molar refractivity (Wildman–Crippen MR) is 46.2 cm³/mol. The number of amidine groups is 1. The van der Waals surface area contributed by atoms with Crippen molar-refractivity contribution in [3.8, 4) is 0 Å². The molecule has 1 aromatic rings. The second-order valence-electron chi connectivity index (χ2n) is 2.46. The first-order valence-electron chi connectivity index (χ1n) is 3.51. The lowest BCUT2D eigenvalue weighted by Gasteiger charge is -1.95. The standard InChI is InChI=1S/C9H8N2/c1-10-9-8-5-3-2-4-7(8)6-11-9/h2-5H,1,6H2. The Hall–Kier alpha value is -1.44. The third-order valence-corrected chi connectivity index (χ3v) is 1.81. The van der Waals surface area contributed by atoms with Gasteiger partial charge in [0.05, 0.1) is 6.54 Å². The van der Waals surface area contributed by atoms with Crippen molar-refractivity contribution < 1.29 is 0 Å². The molecule has 0 saturated heterocycles. The van der Waals surface area contributed by atoms with E-state index in [1.54, 1.807) is 0 Å². The highest BCUT2D eigenvalue weighted by Gasteiger charge is 2.12. The smallest absolute Gasteiger partial charge is 0.154 e. The zero-order valence-electron chi connectivity index (χ0n) is 6.12. The fourth-order valence-corrected chi connectivity index (χ4v) is 1.26. The first-order valence-corrected chi connectivity index (χ1v) is 3.51. The van der Waals surface area contributed by atoms with Crippen molar-refractivity contribution in [1.82, 2.24) is 0 Å². The highest BCUT2D eigenvalue weighted by atomic mass is 14.9. The van der Waals surface area contributed by atoms with Crippen LogP contribution in [0.15, 0.2) is 34.3 Å². The van der Waals surface area contributed by atoms with Gasteiger partial charge in [0.15, 0.2) is 5.84 Å². The van der Waals surface area contributed by atoms with E-state index in [0.717, 1.165) is 17.9 Å². The molecule has 0 amide bonds. The minimum atomic E-state index is 0.754. The summed E-state index contributed by atoms with van der Waals surface area (Å²) in [7, 11) is 0. The number of nitrogens with zero attached hydrogens (tertiary/aromatic N) is 2. The molecule has 2 nitrogen and oxygen atoms in total. The lowest BCUT2D eigenvalue weighted by molar-refractivity contribution is 1.11. The molecule has 0 aliphatic carbocycles. The van der Waals surface area contributed by atoms with E-state index in [4.69, 9.17) is 0 Å². The highest BCUT2D eigenvalue weighted by molar-refractivity contribution is 6.04. The van der Waals surface area contributed by atoms with Gasteiger partial charge >= 0.3 is 0 Å². The maximum absolute atomic E-state index is 4.21. The molecule has 0 fully saturated rings. The molecule has 0 bridgehead atoms. The average Bonchev–Trinajstić information content (AvgIpc) is 2.47. The van der Waals surface area contributed by atoms with Gasteiger partial charge in [0.1, 0.15) is 0 Å². The van der Waals surface area contributed by atoms with E-state index in [-0.39, 0.29) is 0 Å². The van der Waals surface area contributed by atoms with Crippen LogP contribution in [0.2, 0.25) is 0 Å². The normalized spacial score (nSPS) is 14.0. The summed E-state index contributed by atoms with van der Waals surface area (Å²) in [5.74, 6) is 0.778. The number of hydrogen-bond acceptors (Lipinski definition) is 2. The van der Waals surface area contributed by atoms with Gasteiger partial charge in [0.2, 0.25) is 0 Å². The Labute approximate surface area is 65.3 Å². The van der Waals surface area contributed by atoms with Crippen LogP contribution in [0.5, 0.6) is 0 Å². The van der Waals surface area contributed by atoms with Crippen LogP contribution in [-0.4, -0.2) is 12.6 Å². The molecule has 2 rings (SSSR count). The maximum Gasteiger partial charge on any atom is 0.154 e. The van der Waals surface area contributed by atoms with Crippen molar-refractivity contribution in [2.45, 2.75) is 6.54 Å². The van der Waals surface area contributed by atoms with Crippen LogP contribution in [0.4, 0.5) is 0 Å².